The highest BCUT2D eigenvalue weighted by atomic mass is 35.5. The lowest BCUT2D eigenvalue weighted by molar-refractivity contribution is 0.00770. The van der Waals surface area contributed by atoms with Gasteiger partial charge >= 0.3 is 5.97 Å². The fraction of sp³-hybridized carbons (Fsp3) is 0.346. The van der Waals surface area contributed by atoms with Crippen LogP contribution in [0.2, 0.25) is 5.02 Å². The largest absolute Gasteiger partial charge is 0.465 e. The Balaban J connectivity index is 1.43. The van der Waals surface area contributed by atoms with E-state index >= 15 is 0 Å². The van der Waals surface area contributed by atoms with E-state index in [9.17, 15) is 13.2 Å². The van der Waals surface area contributed by atoms with Crippen LogP contribution in [0.5, 0.6) is 0 Å². The van der Waals surface area contributed by atoms with Gasteiger partial charge in [-0.1, -0.05) is 53.6 Å². The summed E-state index contributed by atoms with van der Waals surface area (Å²) in [7, 11) is -2.55. The molecule has 1 fully saturated rings. The van der Waals surface area contributed by atoms with E-state index in [1.807, 2.05) is 36.4 Å². The van der Waals surface area contributed by atoms with Crippen LogP contribution in [0, 0.1) is 6.92 Å². The van der Waals surface area contributed by atoms with Gasteiger partial charge in [-0.2, -0.15) is 4.31 Å². The highest BCUT2D eigenvalue weighted by Gasteiger charge is 2.33. The number of hydrogen-bond acceptors (Lipinski definition) is 7. The molecule has 4 rings (SSSR count). The topological polar surface area (TPSA) is 76.2 Å². The lowest BCUT2D eigenvalue weighted by Crippen LogP contribution is -2.49. The Hall–Kier alpha value is -2.27. The molecular weight excluding hydrogens is 520 g/mol. The molecule has 2 heterocycles. The van der Waals surface area contributed by atoms with Gasteiger partial charge in [0, 0.05) is 37.7 Å². The molecule has 10 heteroatoms. The summed E-state index contributed by atoms with van der Waals surface area (Å²) in [5.41, 5.74) is 3.29. The van der Waals surface area contributed by atoms with Gasteiger partial charge in [-0.05, 0) is 41.6 Å². The molecule has 1 saturated heterocycles. The Morgan fingerprint density at radius 2 is 1.81 bits per heavy atom. The molecule has 1 aromatic heterocycles. The SMILES string of the molecule is COC(=O)c1sccc1S(=O)(=O)N1CCN(C[C@@H](OCc2cccc(C)c2)c2ccc(Cl)cc2)CC1. The van der Waals surface area contributed by atoms with Crippen molar-refractivity contribution >= 4 is 38.9 Å². The number of hydrogen-bond donors (Lipinski definition) is 0. The molecule has 0 radical (unpaired) electrons. The van der Waals surface area contributed by atoms with Crippen molar-refractivity contribution < 1.29 is 22.7 Å². The molecule has 192 valence electrons. The van der Waals surface area contributed by atoms with Gasteiger partial charge in [0.15, 0.2) is 0 Å². The van der Waals surface area contributed by atoms with E-state index in [-0.39, 0.29) is 15.9 Å². The van der Waals surface area contributed by atoms with Crippen molar-refractivity contribution in [3.63, 3.8) is 0 Å². The van der Waals surface area contributed by atoms with Crippen LogP contribution in [-0.2, 0) is 26.1 Å². The maximum Gasteiger partial charge on any atom is 0.349 e. The zero-order chi connectivity index (χ0) is 25.7. The first-order valence-electron chi connectivity index (χ1n) is 11.6. The average Bonchev–Trinajstić information content (AvgIpc) is 3.38. The first-order valence-corrected chi connectivity index (χ1v) is 14.3. The minimum absolute atomic E-state index is 0.00771. The second kappa shape index (κ2) is 11.9. The molecule has 2 aromatic carbocycles. The summed E-state index contributed by atoms with van der Waals surface area (Å²) in [6.07, 6.45) is -0.200. The standard InChI is InChI=1S/C26H29ClN2O5S2/c1-19-4-3-5-20(16-19)18-34-23(21-6-8-22(27)9-7-21)17-28-11-13-29(14-12-28)36(31,32)24-10-15-35-25(24)26(30)33-2/h3-10,15-16,23H,11-14,17-18H2,1-2H3/t23-/m1/s1. The van der Waals surface area contributed by atoms with E-state index < -0.39 is 16.0 Å². The molecule has 0 unspecified atom stereocenters. The van der Waals surface area contributed by atoms with Crippen molar-refractivity contribution in [2.24, 2.45) is 0 Å². The minimum Gasteiger partial charge on any atom is -0.465 e. The Labute approximate surface area is 221 Å². The molecule has 7 nitrogen and oxygen atoms in total. The monoisotopic (exact) mass is 548 g/mol. The van der Waals surface area contributed by atoms with Crippen LogP contribution >= 0.6 is 22.9 Å². The van der Waals surface area contributed by atoms with E-state index in [1.165, 1.54) is 23.0 Å². The van der Waals surface area contributed by atoms with Crippen molar-refractivity contribution in [2.45, 2.75) is 24.5 Å². The summed E-state index contributed by atoms with van der Waals surface area (Å²) in [5.74, 6) is -0.640. The number of methoxy groups -OCH3 is 1. The molecule has 3 aromatic rings. The second-order valence-corrected chi connectivity index (χ2v) is 11.9. The van der Waals surface area contributed by atoms with E-state index in [0.29, 0.717) is 44.4 Å². The smallest absolute Gasteiger partial charge is 0.349 e. The summed E-state index contributed by atoms with van der Waals surface area (Å²) < 4.78 is 39.0. The second-order valence-electron chi connectivity index (χ2n) is 8.65. The van der Waals surface area contributed by atoms with Crippen molar-refractivity contribution in [3.05, 3.63) is 86.6 Å². The third-order valence-electron chi connectivity index (χ3n) is 6.15. The summed E-state index contributed by atoms with van der Waals surface area (Å²) in [6.45, 7) is 4.89. The normalized spacial score (nSPS) is 16.1. The molecule has 0 N–H and O–H groups in total. The molecule has 1 aliphatic rings. The Morgan fingerprint density at radius 3 is 2.47 bits per heavy atom. The third kappa shape index (κ3) is 6.34. The number of piperazine rings is 1. The quantitative estimate of drug-likeness (QED) is 0.359. The number of benzene rings is 2. The summed E-state index contributed by atoms with van der Waals surface area (Å²) >= 11 is 7.17. The van der Waals surface area contributed by atoms with Gasteiger partial charge in [-0.3, -0.25) is 4.90 Å². The molecule has 0 aliphatic carbocycles. The number of carbonyl (C=O) groups excluding carboxylic acids is 1. The number of carbonyl (C=O) groups is 1. The molecule has 0 bridgehead atoms. The highest BCUT2D eigenvalue weighted by molar-refractivity contribution is 7.89. The predicted molar refractivity (Wildman–Crippen MR) is 141 cm³/mol. The minimum atomic E-state index is -3.79. The molecule has 36 heavy (non-hydrogen) atoms. The zero-order valence-electron chi connectivity index (χ0n) is 20.2. The number of thiophene rings is 1. The summed E-state index contributed by atoms with van der Waals surface area (Å²) in [4.78, 5) is 14.3. The Kier molecular flexibility index (Phi) is 8.82. The Bertz CT molecular complexity index is 1290. The maximum atomic E-state index is 13.2. The molecule has 1 aliphatic heterocycles. The van der Waals surface area contributed by atoms with Gasteiger partial charge in [0.25, 0.3) is 0 Å². The van der Waals surface area contributed by atoms with Gasteiger partial charge in [-0.15, -0.1) is 11.3 Å². The van der Waals surface area contributed by atoms with Crippen LogP contribution in [0.1, 0.15) is 32.5 Å². The number of aryl methyl sites for hydroxylation is 1. The summed E-state index contributed by atoms with van der Waals surface area (Å²) in [5, 5.41) is 2.26. The van der Waals surface area contributed by atoms with Crippen molar-refractivity contribution in [2.75, 3.05) is 39.8 Å². The highest BCUT2D eigenvalue weighted by Crippen LogP contribution is 2.28. The van der Waals surface area contributed by atoms with Crippen molar-refractivity contribution in [1.29, 1.82) is 0 Å². The van der Waals surface area contributed by atoms with Gasteiger partial charge in [0.2, 0.25) is 10.0 Å². The number of nitrogens with zero attached hydrogens (tertiary/aromatic N) is 2. The molecule has 0 spiro atoms. The molecular formula is C26H29ClN2O5S2. The molecule has 0 amide bonds. The van der Waals surface area contributed by atoms with E-state index in [4.69, 9.17) is 21.1 Å². The van der Waals surface area contributed by atoms with E-state index in [0.717, 1.165) is 22.5 Å². The fourth-order valence-corrected chi connectivity index (χ4v) is 7.05. The number of esters is 1. The lowest BCUT2D eigenvalue weighted by atomic mass is 10.1. The number of sulfonamides is 1. The van der Waals surface area contributed by atoms with E-state index in [2.05, 4.69) is 24.0 Å². The zero-order valence-corrected chi connectivity index (χ0v) is 22.6. The number of halogens is 1. The van der Waals surface area contributed by atoms with Crippen molar-refractivity contribution in [3.8, 4) is 0 Å². The van der Waals surface area contributed by atoms with Gasteiger partial charge in [-0.25, -0.2) is 13.2 Å². The van der Waals surface area contributed by atoms with Gasteiger partial charge < -0.3 is 9.47 Å². The van der Waals surface area contributed by atoms with Crippen molar-refractivity contribution in [1.82, 2.24) is 9.21 Å². The van der Waals surface area contributed by atoms with E-state index in [1.54, 1.807) is 5.38 Å². The Morgan fingerprint density at radius 1 is 1.08 bits per heavy atom. The third-order valence-corrected chi connectivity index (χ3v) is 9.37. The predicted octanol–water partition coefficient (Wildman–Crippen LogP) is 4.76. The lowest BCUT2D eigenvalue weighted by Gasteiger charge is -2.35. The molecule has 0 saturated carbocycles. The molecule has 1 atom stereocenters. The fourth-order valence-electron chi connectivity index (χ4n) is 4.20. The number of rotatable bonds is 9. The van der Waals surface area contributed by atoms with Crippen LogP contribution in [0.25, 0.3) is 0 Å². The van der Waals surface area contributed by atoms with Gasteiger partial charge in [0.05, 0.1) is 19.8 Å². The first kappa shape index (κ1) is 26.8. The van der Waals surface area contributed by atoms with Crippen LogP contribution in [0.15, 0.2) is 64.9 Å². The number of ether oxygens (including phenoxy) is 2. The van der Waals surface area contributed by atoms with Gasteiger partial charge in [0.1, 0.15) is 9.77 Å². The maximum absolute atomic E-state index is 13.2. The van der Waals surface area contributed by atoms with Crippen LogP contribution in [0.4, 0.5) is 0 Å². The van der Waals surface area contributed by atoms with Crippen LogP contribution in [-0.4, -0.2) is 63.4 Å². The van der Waals surface area contributed by atoms with Crippen LogP contribution < -0.4 is 0 Å². The average molecular weight is 549 g/mol. The first-order chi connectivity index (χ1) is 17.3. The van der Waals surface area contributed by atoms with Crippen LogP contribution in [0.3, 0.4) is 0 Å². The summed E-state index contributed by atoms with van der Waals surface area (Å²) in [6, 6.07) is 17.3.